The van der Waals surface area contributed by atoms with Crippen LogP contribution in [-0.2, 0) is 0 Å². The highest BCUT2D eigenvalue weighted by molar-refractivity contribution is 5.36. The monoisotopic (exact) mass is 286 g/mol. The minimum Gasteiger partial charge on any atom is -0.368 e. The Morgan fingerprint density at radius 2 is 2.14 bits per heavy atom. The number of imidazole rings is 1. The molecule has 0 bridgehead atoms. The summed E-state index contributed by atoms with van der Waals surface area (Å²) in [5.41, 5.74) is 5.80. The van der Waals surface area contributed by atoms with E-state index in [9.17, 15) is 0 Å². The van der Waals surface area contributed by atoms with Gasteiger partial charge in [0.25, 0.3) is 0 Å². The molecule has 0 amide bonds. The first-order valence-corrected chi connectivity index (χ1v) is 7.30. The third kappa shape index (κ3) is 2.31. The SMILES string of the molecule is Nc1nc(NC2CCN3CCCC23)nc(-n2ccnc2)n1. The standard InChI is InChI=1S/C13H18N8/c14-11-17-12(19-13(18-11)21-7-4-15-8-21)16-9-3-6-20-5-1-2-10(9)20/h4,7-10H,1-3,5-6H2,(H3,14,16,17,18,19). The van der Waals surface area contributed by atoms with Crippen LogP contribution in [0, 0.1) is 0 Å². The van der Waals surface area contributed by atoms with Crippen molar-refractivity contribution < 1.29 is 0 Å². The maximum Gasteiger partial charge on any atom is 0.241 e. The molecule has 2 saturated heterocycles. The molecule has 8 nitrogen and oxygen atoms in total. The fraction of sp³-hybridized carbons (Fsp3) is 0.538. The van der Waals surface area contributed by atoms with Crippen LogP contribution in [0.15, 0.2) is 18.7 Å². The molecule has 4 heterocycles. The Kier molecular flexibility index (Phi) is 2.95. The Hall–Kier alpha value is -2.22. The Balaban J connectivity index is 1.58. The molecular formula is C13H18N8. The first-order valence-electron chi connectivity index (χ1n) is 7.30. The van der Waals surface area contributed by atoms with Crippen molar-refractivity contribution in [1.29, 1.82) is 0 Å². The van der Waals surface area contributed by atoms with E-state index in [1.54, 1.807) is 23.3 Å². The Morgan fingerprint density at radius 3 is 3.00 bits per heavy atom. The molecule has 0 radical (unpaired) electrons. The molecule has 4 rings (SSSR count). The van der Waals surface area contributed by atoms with Gasteiger partial charge in [-0.2, -0.15) is 15.0 Å². The molecule has 2 fully saturated rings. The number of rotatable bonds is 3. The van der Waals surface area contributed by atoms with Gasteiger partial charge in [-0.15, -0.1) is 0 Å². The molecule has 0 saturated carbocycles. The number of nitrogens with two attached hydrogens (primary N) is 1. The minimum atomic E-state index is 0.220. The van der Waals surface area contributed by atoms with Crippen molar-refractivity contribution in [2.24, 2.45) is 0 Å². The van der Waals surface area contributed by atoms with Crippen molar-refractivity contribution in [2.75, 3.05) is 24.1 Å². The van der Waals surface area contributed by atoms with E-state index in [1.165, 1.54) is 19.4 Å². The average Bonchev–Trinajstić information content (AvgIpc) is 3.16. The van der Waals surface area contributed by atoms with E-state index in [4.69, 9.17) is 5.73 Å². The highest BCUT2D eigenvalue weighted by Crippen LogP contribution is 2.29. The van der Waals surface area contributed by atoms with Crippen LogP contribution in [0.2, 0.25) is 0 Å². The van der Waals surface area contributed by atoms with Crippen LogP contribution < -0.4 is 11.1 Å². The molecule has 2 aromatic rings. The average molecular weight is 286 g/mol. The fourth-order valence-electron chi connectivity index (χ4n) is 3.35. The van der Waals surface area contributed by atoms with E-state index < -0.39 is 0 Å². The first kappa shape index (κ1) is 12.5. The Labute approximate surface area is 122 Å². The number of fused-ring (bicyclic) bond motifs is 1. The van der Waals surface area contributed by atoms with Gasteiger partial charge in [-0.25, -0.2) is 4.98 Å². The third-order valence-electron chi connectivity index (χ3n) is 4.30. The van der Waals surface area contributed by atoms with E-state index in [2.05, 4.69) is 30.2 Å². The zero-order chi connectivity index (χ0) is 14.2. The van der Waals surface area contributed by atoms with E-state index in [1.807, 2.05) is 0 Å². The fourth-order valence-corrected chi connectivity index (χ4v) is 3.35. The number of anilines is 2. The normalized spacial score (nSPS) is 25.1. The summed E-state index contributed by atoms with van der Waals surface area (Å²) in [5.74, 6) is 1.26. The van der Waals surface area contributed by atoms with Crippen molar-refractivity contribution >= 4 is 11.9 Å². The van der Waals surface area contributed by atoms with Gasteiger partial charge in [-0.1, -0.05) is 0 Å². The lowest BCUT2D eigenvalue weighted by Crippen LogP contribution is -2.34. The molecule has 2 unspecified atom stereocenters. The predicted octanol–water partition coefficient (Wildman–Crippen LogP) is 0.288. The molecule has 21 heavy (non-hydrogen) atoms. The Bertz CT molecular complexity index is 625. The predicted molar refractivity (Wildman–Crippen MR) is 78.0 cm³/mol. The van der Waals surface area contributed by atoms with E-state index in [0.717, 1.165) is 13.0 Å². The van der Waals surface area contributed by atoms with Crippen LogP contribution in [-0.4, -0.2) is 54.6 Å². The summed E-state index contributed by atoms with van der Waals surface area (Å²) >= 11 is 0. The number of hydrogen-bond donors (Lipinski definition) is 2. The Morgan fingerprint density at radius 1 is 1.19 bits per heavy atom. The van der Waals surface area contributed by atoms with Crippen LogP contribution in [0.1, 0.15) is 19.3 Å². The topological polar surface area (TPSA) is 97.8 Å². The van der Waals surface area contributed by atoms with Crippen molar-refractivity contribution in [3.8, 4) is 5.95 Å². The van der Waals surface area contributed by atoms with Gasteiger partial charge in [0.15, 0.2) is 0 Å². The summed E-state index contributed by atoms with van der Waals surface area (Å²) in [5, 5.41) is 3.44. The molecule has 0 spiro atoms. The summed E-state index contributed by atoms with van der Waals surface area (Å²) in [6.07, 6.45) is 8.76. The largest absolute Gasteiger partial charge is 0.368 e. The maximum absolute atomic E-state index is 5.80. The first-order chi connectivity index (χ1) is 10.3. The van der Waals surface area contributed by atoms with Gasteiger partial charge in [0.2, 0.25) is 17.8 Å². The summed E-state index contributed by atoms with van der Waals surface area (Å²) in [7, 11) is 0. The van der Waals surface area contributed by atoms with Crippen LogP contribution in [0.25, 0.3) is 5.95 Å². The smallest absolute Gasteiger partial charge is 0.241 e. The van der Waals surface area contributed by atoms with Gasteiger partial charge in [0.05, 0.1) is 0 Å². The van der Waals surface area contributed by atoms with Crippen molar-refractivity contribution in [1.82, 2.24) is 29.4 Å². The van der Waals surface area contributed by atoms with Gasteiger partial charge >= 0.3 is 0 Å². The molecule has 2 aliphatic heterocycles. The summed E-state index contributed by atoms with van der Waals surface area (Å²) in [6, 6.07) is 0.990. The van der Waals surface area contributed by atoms with Crippen LogP contribution >= 0.6 is 0 Å². The second kappa shape index (κ2) is 4.96. The molecule has 0 aliphatic carbocycles. The van der Waals surface area contributed by atoms with Crippen molar-refractivity contribution in [3.63, 3.8) is 0 Å². The zero-order valence-electron chi connectivity index (χ0n) is 11.7. The molecule has 2 atom stereocenters. The number of nitrogens with one attached hydrogen (secondary N) is 1. The summed E-state index contributed by atoms with van der Waals surface area (Å²) in [4.78, 5) is 19.3. The lowest BCUT2D eigenvalue weighted by atomic mass is 10.1. The number of nitrogen functional groups attached to an aromatic ring is 1. The second-order valence-electron chi connectivity index (χ2n) is 5.57. The van der Waals surface area contributed by atoms with Crippen LogP contribution in [0.4, 0.5) is 11.9 Å². The van der Waals surface area contributed by atoms with Gasteiger partial charge in [-0.05, 0) is 25.8 Å². The second-order valence-corrected chi connectivity index (χ2v) is 5.57. The minimum absolute atomic E-state index is 0.220. The molecule has 110 valence electrons. The van der Waals surface area contributed by atoms with E-state index in [-0.39, 0.29) is 5.95 Å². The molecule has 8 heteroatoms. The highest BCUT2D eigenvalue weighted by Gasteiger charge is 2.37. The third-order valence-corrected chi connectivity index (χ3v) is 4.30. The van der Waals surface area contributed by atoms with Crippen molar-refractivity contribution in [3.05, 3.63) is 18.7 Å². The van der Waals surface area contributed by atoms with Crippen LogP contribution in [0.3, 0.4) is 0 Å². The van der Waals surface area contributed by atoms with Crippen molar-refractivity contribution in [2.45, 2.75) is 31.3 Å². The van der Waals surface area contributed by atoms with Crippen LogP contribution in [0.5, 0.6) is 0 Å². The maximum atomic E-state index is 5.80. The van der Waals surface area contributed by atoms with Gasteiger partial charge in [0, 0.05) is 31.0 Å². The number of nitrogens with zero attached hydrogens (tertiary/aromatic N) is 6. The lowest BCUT2D eigenvalue weighted by Gasteiger charge is -2.21. The molecule has 3 N–H and O–H groups in total. The van der Waals surface area contributed by atoms with E-state index >= 15 is 0 Å². The van der Waals surface area contributed by atoms with Gasteiger partial charge in [-0.3, -0.25) is 9.47 Å². The van der Waals surface area contributed by atoms with Gasteiger partial charge in [0.1, 0.15) is 6.33 Å². The molecule has 2 aliphatic rings. The summed E-state index contributed by atoms with van der Waals surface area (Å²) < 4.78 is 1.72. The molecular weight excluding hydrogens is 268 g/mol. The van der Waals surface area contributed by atoms with E-state index in [0.29, 0.717) is 24.0 Å². The molecule has 0 aromatic carbocycles. The molecule has 2 aromatic heterocycles. The lowest BCUT2D eigenvalue weighted by molar-refractivity contribution is 0.318. The van der Waals surface area contributed by atoms with Gasteiger partial charge < -0.3 is 11.1 Å². The summed E-state index contributed by atoms with van der Waals surface area (Å²) in [6.45, 7) is 2.36. The number of aromatic nitrogens is 5. The number of hydrogen-bond acceptors (Lipinski definition) is 7. The zero-order valence-corrected chi connectivity index (χ0v) is 11.7. The quantitative estimate of drug-likeness (QED) is 0.836. The highest BCUT2D eigenvalue weighted by atomic mass is 15.3.